The van der Waals surface area contributed by atoms with Gasteiger partial charge in [0.15, 0.2) is 5.78 Å². The van der Waals surface area contributed by atoms with E-state index in [0.717, 1.165) is 11.3 Å². The Kier molecular flexibility index (Phi) is 5.29. The zero-order chi connectivity index (χ0) is 18.0. The fraction of sp³-hybridized carbons (Fsp3) is 0.263. The van der Waals surface area contributed by atoms with Gasteiger partial charge in [-0.25, -0.2) is 0 Å². The minimum absolute atomic E-state index is 0.0305. The molecule has 0 N–H and O–H groups in total. The van der Waals surface area contributed by atoms with Gasteiger partial charge in [0, 0.05) is 24.3 Å². The molecule has 0 bridgehead atoms. The lowest BCUT2D eigenvalue weighted by molar-refractivity contribution is 0.0397. The van der Waals surface area contributed by atoms with Crippen molar-refractivity contribution in [3.8, 4) is 6.07 Å². The summed E-state index contributed by atoms with van der Waals surface area (Å²) in [5, 5.41) is 10.2. The largest absolute Gasteiger partial charge is 0.370 e. The van der Waals surface area contributed by atoms with E-state index in [4.69, 9.17) is 27.9 Å². The highest BCUT2D eigenvalue weighted by Crippen LogP contribution is 2.32. The van der Waals surface area contributed by atoms with Crippen molar-refractivity contribution in [2.24, 2.45) is 0 Å². The number of halogens is 2. The number of Topliss-reactive ketones (excluding diaryl/α,β-unsaturated/α-hetero) is 1. The number of nitriles is 1. The van der Waals surface area contributed by atoms with E-state index < -0.39 is 0 Å². The van der Waals surface area contributed by atoms with Crippen LogP contribution in [0, 0.1) is 11.3 Å². The first-order chi connectivity index (χ1) is 12.0. The quantitative estimate of drug-likeness (QED) is 0.733. The molecule has 0 saturated carbocycles. The van der Waals surface area contributed by atoms with Gasteiger partial charge in [-0.1, -0.05) is 29.3 Å². The molecule has 1 aliphatic heterocycles. The molecule has 0 amide bonds. The van der Waals surface area contributed by atoms with Gasteiger partial charge in [-0.05, 0) is 42.8 Å². The molecule has 25 heavy (non-hydrogen) atoms. The SMILES string of the molecule is CC(=O)c1ccc(C#N)cc1N1CCOC(c2ccc(Cl)c(Cl)c2)C1. The van der Waals surface area contributed by atoms with E-state index >= 15 is 0 Å². The summed E-state index contributed by atoms with van der Waals surface area (Å²) in [6.07, 6.45) is -0.186. The number of anilines is 1. The molecular weight excluding hydrogens is 359 g/mol. The summed E-state index contributed by atoms with van der Waals surface area (Å²) in [5.74, 6) is -0.0305. The van der Waals surface area contributed by atoms with E-state index in [1.165, 1.54) is 6.92 Å². The first kappa shape index (κ1) is 17.8. The van der Waals surface area contributed by atoms with Gasteiger partial charge in [-0.3, -0.25) is 4.79 Å². The van der Waals surface area contributed by atoms with Crippen LogP contribution in [0.3, 0.4) is 0 Å². The number of carbonyl (C=O) groups is 1. The Morgan fingerprint density at radius 3 is 2.72 bits per heavy atom. The Morgan fingerprint density at radius 1 is 1.24 bits per heavy atom. The summed E-state index contributed by atoms with van der Waals surface area (Å²) in [6, 6.07) is 12.7. The predicted molar refractivity (Wildman–Crippen MR) is 98.5 cm³/mol. The summed E-state index contributed by atoms with van der Waals surface area (Å²) in [4.78, 5) is 14.0. The second-order valence-corrected chi connectivity index (χ2v) is 6.69. The van der Waals surface area contributed by atoms with Crippen LogP contribution in [0.1, 0.15) is 34.5 Å². The molecule has 1 unspecified atom stereocenters. The molecule has 6 heteroatoms. The molecule has 1 saturated heterocycles. The van der Waals surface area contributed by atoms with Gasteiger partial charge in [0.25, 0.3) is 0 Å². The molecule has 2 aromatic carbocycles. The van der Waals surface area contributed by atoms with E-state index in [9.17, 15) is 10.1 Å². The van der Waals surface area contributed by atoms with Gasteiger partial charge in [0.2, 0.25) is 0 Å². The van der Waals surface area contributed by atoms with Crippen molar-refractivity contribution in [3.05, 3.63) is 63.1 Å². The second-order valence-electron chi connectivity index (χ2n) is 5.88. The van der Waals surface area contributed by atoms with E-state index in [0.29, 0.717) is 40.9 Å². The molecule has 2 aromatic rings. The number of carbonyl (C=O) groups excluding carboxylic acids is 1. The Labute approximate surface area is 156 Å². The van der Waals surface area contributed by atoms with E-state index in [1.807, 2.05) is 6.07 Å². The maximum absolute atomic E-state index is 12.0. The molecule has 1 fully saturated rings. The summed E-state index contributed by atoms with van der Waals surface area (Å²) in [6.45, 7) is 3.25. The molecule has 1 heterocycles. The topological polar surface area (TPSA) is 53.3 Å². The van der Waals surface area contributed by atoms with Crippen molar-refractivity contribution in [2.45, 2.75) is 13.0 Å². The van der Waals surface area contributed by atoms with Crippen molar-refractivity contribution < 1.29 is 9.53 Å². The Balaban J connectivity index is 1.92. The van der Waals surface area contributed by atoms with E-state index in [1.54, 1.807) is 30.3 Å². The zero-order valence-corrected chi connectivity index (χ0v) is 15.1. The fourth-order valence-corrected chi connectivity index (χ4v) is 3.25. The third-order valence-corrected chi connectivity index (χ3v) is 4.97. The van der Waals surface area contributed by atoms with Crippen molar-refractivity contribution in [1.29, 1.82) is 5.26 Å². The van der Waals surface area contributed by atoms with Gasteiger partial charge in [0.05, 0.1) is 28.3 Å². The molecule has 128 valence electrons. The van der Waals surface area contributed by atoms with Crippen LogP contribution in [0.25, 0.3) is 0 Å². The van der Waals surface area contributed by atoms with Crippen LogP contribution in [0.15, 0.2) is 36.4 Å². The first-order valence-corrected chi connectivity index (χ1v) is 8.62. The average Bonchev–Trinajstić information content (AvgIpc) is 2.63. The maximum atomic E-state index is 12.0. The van der Waals surface area contributed by atoms with Gasteiger partial charge in [0.1, 0.15) is 6.10 Å². The normalized spacial score (nSPS) is 17.2. The van der Waals surface area contributed by atoms with Crippen LogP contribution >= 0.6 is 23.2 Å². The minimum Gasteiger partial charge on any atom is -0.370 e. The van der Waals surface area contributed by atoms with E-state index in [-0.39, 0.29) is 11.9 Å². The lowest BCUT2D eigenvalue weighted by atomic mass is 10.0. The highest BCUT2D eigenvalue weighted by molar-refractivity contribution is 6.42. The van der Waals surface area contributed by atoms with Gasteiger partial charge < -0.3 is 9.64 Å². The molecule has 3 rings (SSSR count). The van der Waals surface area contributed by atoms with Crippen molar-refractivity contribution >= 4 is 34.7 Å². The number of nitrogens with zero attached hydrogens (tertiary/aromatic N) is 2. The van der Waals surface area contributed by atoms with Crippen molar-refractivity contribution in [1.82, 2.24) is 0 Å². The minimum atomic E-state index is -0.186. The zero-order valence-electron chi connectivity index (χ0n) is 13.6. The number of morpholine rings is 1. The molecule has 1 atom stereocenters. The van der Waals surface area contributed by atoms with Crippen LogP contribution < -0.4 is 4.90 Å². The summed E-state index contributed by atoms with van der Waals surface area (Å²) < 4.78 is 5.87. The number of ether oxygens (including phenoxy) is 1. The monoisotopic (exact) mass is 374 g/mol. The number of ketones is 1. The predicted octanol–water partition coefficient (Wildman–Crippen LogP) is 4.65. The average molecular weight is 375 g/mol. The first-order valence-electron chi connectivity index (χ1n) is 7.86. The van der Waals surface area contributed by atoms with Crippen LogP contribution in [-0.2, 0) is 4.74 Å². The number of hydrogen-bond donors (Lipinski definition) is 0. The standard InChI is InChI=1S/C19H16Cl2N2O2/c1-12(24)15-4-2-13(10-22)8-18(15)23-6-7-25-19(11-23)14-3-5-16(20)17(21)9-14/h2-5,8-9,19H,6-7,11H2,1H3. The Hall–Kier alpha value is -2.06. The summed E-state index contributed by atoms with van der Waals surface area (Å²) in [7, 11) is 0. The van der Waals surface area contributed by atoms with Crippen LogP contribution in [0.5, 0.6) is 0 Å². The molecule has 4 nitrogen and oxygen atoms in total. The van der Waals surface area contributed by atoms with Gasteiger partial charge in [-0.15, -0.1) is 0 Å². The molecule has 0 radical (unpaired) electrons. The fourth-order valence-electron chi connectivity index (χ4n) is 2.94. The molecule has 1 aliphatic rings. The molecular formula is C19H16Cl2N2O2. The van der Waals surface area contributed by atoms with Gasteiger partial charge >= 0.3 is 0 Å². The van der Waals surface area contributed by atoms with Crippen LogP contribution in [0.2, 0.25) is 10.0 Å². The third-order valence-electron chi connectivity index (χ3n) is 4.23. The lowest BCUT2D eigenvalue weighted by Gasteiger charge is -2.35. The highest BCUT2D eigenvalue weighted by atomic mass is 35.5. The van der Waals surface area contributed by atoms with Crippen molar-refractivity contribution in [3.63, 3.8) is 0 Å². The highest BCUT2D eigenvalue weighted by Gasteiger charge is 2.25. The Morgan fingerprint density at radius 2 is 2.04 bits per heavy atom. The molecule has 0 aromatic heterocycles. The maximum Gasteiger partial charge on any atom is 0.161 e. The lowest BCUT2D eigenvalue weighted by Crippen LogP contribution is -2.39. The number of hydrogen-bond acceptors (Lipinski definition) is 4. The van der Waals surface area contributed by atoms with Crippen molar-refractivity contribution in [2.75, 3.05) is 24.6 Å². The number of rotatable bonds is 3. The van der Waals surface area contributed by atoms with Crippen LogP contribution in [-0.4, -0.2) is 25.5 Å². The molecule has 0 aliphatic carbocycles. The molecule has 0 spiro atoms. The smallest absolute Gasteiger partial charge is 0.161 e. The summed E-state index contributed by atoms with van der Waals surface area (Å²) >= 11 is 12.1. The number of benzene rings is 2. The van der Waals surface area contributed by atoms with Crippen LogP contribution in [0.4, 0.5) is 5.69 Å². The van der Waals surface area contributed by atoms with Gasteiger partial charge in [-0.2, -0.15) is 5.26 Å². The summed E-state index contributed by atoms with van der Waals surface area (Å²) in [5.41, 5.74) is 2.83. The third kappa shape index (κ3) is 3.80. The second kappa shape index (κ2) is 7.45. The Bertz CT molecular complexity index is 861. The van der Waals surface area contributed by atoms with E-state index in [2.05, 4.69) is 11.0 Å².